The lowest BCUT2D eigenvalue weighted by Crippen LogP contribution is -2.62. The SMILES string of the molecule is CC1(C)CC(NC(=O)N/C=C/C2CCCCC2)CC(C)(C)N1. The molecule has 0 radical (unpaired) electrons. The van der Waals surface area contributed by atoms with Gasteiger partial charge in [-0.05, 0) is 59.3 Å². The first-order chi connectivity index (χ1) is 10.3. The summed E-state index contributed by atoms with van der Waals surface area (Å²) in [5.41, 5.74) is 0.106. The molecule has 0 unspecified atom stereocenters. The summed E-state index contributed by atoms with van der Waals surface area (Å²) < 4.78 is 0. The number of rotatable bonds is 3. The lowest BCUT2D eigenvalue weighted by Gasteiger charge is -2.46. The molecule has 0 spiro atoms. The van der Waals surface area contributed by atoms with Gasteiger partial charge in [-0.3, -0.25) is 0 Å². The van der Waals surface area contributed by atoms with Gasteiger partial charge in [0.25, 0.3) is 0 Å². The molecule has 2 fully saturated rings. The number of urea groups is 1. The van der Waals surface area contributed by atoms with Crippen molar-refractivity contribution in [1.82, 2.24) is 16.0 Å². The second-order valence-corrected chi connectivity index (χ2v) is 8.37. The van der Waals surface area contributed by atoms with Crippen molar-refractivity contribution in [2.45, 2.75) is 89.8 Å². The van der Waals surface area contributed by atoms with Gasteiger partial charge in [-0.25, -0.2) is 4.79 Å². The predicted molar refractivity (Wildman–Crippen MR) is 91.7 cm³/mol. The maximum absolute atomic E-state index is 12.1. The van der Waals surface area contributed by atoms with E-state index in [-0.39, 0.29) is 23.2 Å². The normalized spacial score (nSPS) is 26.0. The smallest absolute Gasteiger partial charge is 0.318 e. The summed E-state index contributed by atoms with van der Waals surface area (Å²) in [7, 11) is 0. The molecule has 0 bridgehead atoms. The van der Waals surface area contributed by atoms with E-state index in [0.717, 1.165) is 12.8 Å². The number of piperidine rings is 1. The standard InChI is InChI=1S/C18H33N3O/c1-17(2)12-15(13-18(3,4)21-17)20-16(22)19-11-10-14-8-6-5-7-9-14/h10-11,14-15,21H,5-9,12-13H2,1-4H3,(H2,19,20,22)/b11-10+. The van der Waals surface area contributed by atoms with E-state index >= 15 is 0 Å². The van der Waals surface area contributed by atoms with Crippen molar-refractivity contribution >= 4 is 6.03 Å². The van der Waals surface area contributed by atoms with Gasteiger partial charge in [0.2, 0.25) is 0 Å². The van der Waals surface area contributed by atoms with Crippen molar-refractivity contribution in [2.24, 2.45) is 5.92 Å². The van der Waals surface area contributed by atoms with Crippen molar-refractivity contribution in [3.05, 3.63) is 12.3 Å². The van der Waals surface area contributed by atoms with Crippen LogP contribution in [-0.4, -0.2) is 23.2 Å². The summed E-state index contributed by atoms with van der Waals surface area (Å²) >= 11 is 0. The van der Waals surface area contributed by atoms with Crippen molar-refractivity contribution in [3.8, 4) is 0 Å². The van der Waals surface area contributed by atoms with Gasteiger partial charge < -0.3 is 16.0 Å². The van der Waals surface area contributed by atoms with E-state index in [4.69, 9.17) is 0 Å². The molecule has 2 aliphatic rings. The van der Waals surface area contributed by atoms with Crippen LogP contribution < -0.4 is 16.0 Å². The van der Waals surface area contributed by atoms with Crippen LogP contribution in [0.4, 0.5) is 4.79 Å². The van der Waals surface area contributed by atoms with Crippen LogP contribution in [0.25, 0.3) is 0 Å². The van der Waals surface area contributed by atoms with Gasteiger partial charge in [-0.2, -0.15) is 0 Å². The summed E-state index contributed by atoms with van der Waals surface area (Å²) in [4.78, 5) is 12.1. The second-order valence-electron chi connectivity index (χ2n) is 8.37. The topological polar surface area (TPSA) is 53.2 Å². The van der Waals surface area contributed by atoms with Gasteiger partial charge >= 0.3 is 6.03 Å². The molecule has 2 rings (SSSR count). The maximum atomic E-state index is 12.1. The quantitative estimate of drug-likeness (QED) is 0.745. The molecule has 1 saturated carbocycles. The van der Waals surface area contributed by atoms with Crippen LogP contribution in [0.5, 0.6) is 0 Å². The number of hydrogen-bond acceptors (Lipinski definition) is 2. The van der Waals surface area contributed by atoms with Crippen LogP contribution in [0.3, 0.4) is 0 Å². The second kappa shape index (κ2) is 7.03. The van der Waals surface area contributed by atoms with E-state index in [1.807, 2.05) is 6.20 Å². The number of carbonyl (C=O) groups is 1. The van der Waals surface area contributed by atoms with Gasteiger partial charge in [0, 0.05) is 23.3 Å². The van der Waals surface area contributed by atoms with E-state index < -0.39 is 0 Å². The summed E-state index contributed by atoms with van der Waals surface area (Å²) in [6.07, 6.45) is 12.4. The Morgan fingerprint density at radius 1 is 1.05 bits per heavy atom. The molecule has 126 valence electrons. The van der Waals surface area contributed by atoms with Crippen LogP contribution in [0.15, 0.2) is 12.3 Å². The fourth-order valence-corrected chi connectivity index (χ4v) is 4.24. The van der Waals surface area contributed by atoms with E-state index in [1.54, 1.807) is 0 Å². The Labute approximate surface area is 135 Å². The fourth-order valence-electron chi connectivity index (χ4n) is 4.24. The zero-order valence-electron chi connectivity index (χ0n) is 14.7. The molecule has 4 nitrogen and oxygen atoms in total. The zero-order valence-corrected chi connectivity index (χ0v) is 14.7. The molecule has 1 heterocycles. The minimum atomic E-state index is -0.0782. The van der Waals surface area contributed by atoms with Crippen molar-refractivity contribution in [3.63, 3.8) is 0 Å². The highest BCUT2D eigenvalue weighted by atomic mass is 16.2. The first-order valence-corrected chi connectivity index (χ1v) is 8.79. The van der Waals surface area contributed by atoms with Crippen LogP contribution in [0, 0.1) is 5.92 Å². The highest BCUT2D eigenvalue weighted by Gasteiger charge is 2.38. The fraction of sp³-hybridized carbons (Fsp3) is 0.833. The molecule has 2 amide bonds. The molecule has 1 aliphatic carbocycles. The number of nitrogens with one attached hydrogen (secondary N) is 3. The van der Waals surface area contributed by atoms with Gasteiger partial charge in [-0.1, -0.05) is 25.3 Å². The number of amides is 2. The lowest BCUT2D eigenvalue weighted by molar-refractivity contribution is 0.148. The average molecular weight is 307 g/mol. The maximum Gasteiger partial charge on any atom is 0.318 e. The molecule has 0 aromatic heterocycles. The Balaban J connectivity index is 1.77. The molecule has 0 atom stereocenters. The van der Waals surface area contributed by atoms with Crippen LogP contribution in [0.1, 0.15) is 72.6 Å². The number of carbonyl (C=O) groups excluding carboxylic acids is 1. The summed E-state index contributed by atoms with van der Waals surface area (Å²) in [5.74, 6) is 0.644. The van der Waals surface area contributed by atoms with E-state index in [1.165, 1.54) is 32.1 Å². The van der Waals surface area contributed by atoms with Gasteiger partial charge in [-0.15, -0.1) is 0 Å². The molecule has 1 saturated heterocycles. The molecule has 22 heavy (non-hydrogen) atoms. The predicted octanol–water partition coefficient (Wildman–Crippen LogP) is 3.69. The van der Waals surface area contributed by atoms with Crippen molar-refractivity contribution in [1.29, 1.82) is 0 Å². The molecule has 0 aromatic carbocycles. The number of allylic oxidation sites excluding steroid dienone is 1. The summed E-state index contributed by atoms with van der Waals surface area (Å²) in [6.45, 7) is 8.79. The third-order valence-corrected chi connectivity index (χ3v) is 4.76. The van der Waals surface area contributed by atoms with Crippen LogP contribution in [-0.2, 0) is 0 Å². The Morgan fingerprint density at radius 2 is 1.64 bits per heavy atom. The Morgan fingerprint density at radius 3 is 2.23 bits per heavy atom. The molecular formula is C18H33N3O. The van der Waals surface area contributed by atoms with Crippen LogP contribution >= 0.6 is 0 Å². The van der Waals surface area contributed by atoms with E-state index in [2.05, 4.69) is 49.7 Å². The third kappa shape index (κ3) is 5.64. The molecule has 4 heteroatoms. The third-order valence-electron chi connectivity index (χ3n) is 4.76. The van der Waals surface area contributed by atoms with E-state index in [9.17, 15) is 4.79 Å². The first kappa shape index (κ1) is 17.3. The highest BCUT2D eigenvalue weighted by Crippen LogP contribution is 2.28. The van der Waals surface area contributed by atoms with Gasteiger partial charge in [0.15, 0.2) is 0 Å². The highest BCUT2D eigenvalue weighted by molar-refractivity contribution is 5.75. The summed E-state index contributed by atoms with van der Waals surface area (Å²) in [5, 5.41) is 9.64. The van der Waals surface area contributed by atoms with Gasteiger partial charge in [0.05, 0.1) is 0 Å². The molecular weight excluding hydrogens is 274 g/mol. The first-order valence-electron chi connectivity index (χ1n) is 8.79. The Kier molecular flexibility index (Phi) is 5.54. The number of hydrogen-bond donors (Lipinski definition) is 3. The monoisotopic (exact) mass is 307 g/mol. The van der Waals surface area contributed by atoms with Gasteiger partial charge in [0.1, 0.15) is 0 Å². The summed E-state index contributed by atoms with van der Waals surface area (Å²) in [6, 6.07) is 0.139. The largest absolute Gasteiger partial charge is 0.335 e. The van der Waals surface area contributed by atoms with E-state index in [0.29, 0.717) is 5.92 Å². The Bertz CT molecular complexity index is 393. The van der Waals surface area contributed by atoms with Crippen molar-refractivity contribution < 1.29 is 4.79 Å². The Hall–Kier alpha value is -1.03. The minimum Gasteiger partial charge on any atom is -0.335 e. The molecule has 1 aliphatic heterocycles. The minimum absolute atomic E-state index is 0.0532. The lowest BCUT2D eigenvalue weighted by atomic mass is 9.80. The molecule has 0 aromatic rings. The van der Waals surface area contributed by atoms with Crippen LogP contribution in [0.2, 0.25) is 0 Å². The molecule has 3 N–H and O–H groups in total. The average Bonchev–Trinajstić information content (AvgIpc) is 2.36. The van der Waals surface area contributed by atoms with Crippen molar-refractivity contribution in [2.75, 3.05) is 0 Å². The zero-order chi connectivity index (χ0) is 16.2.